The number of aryl methyl sites for hydroxylation is 6. The summed E-state index contributed by atoms with van der Waals surface area (Å²) in [5, 5.41) is 0. The lowest BCUT2D eigenvalue weighted by atomic mass is 10.0. The molecule has 4 heteroatoms. The Kier molecular flexibility index (Phi) is 5.46. The van der Waals surface area contributed by atoms with E-state index in [4.69, 9.17) is 4.66 Å². The van der Waals surface area contributed by atoms with E-state index in [0.29, 0.717) is 0 Å². The van der Waals surface area contributed by atoms with Crippen molar-refractivity contribution in [2.75, 3.05) is 22.9 Å². The summed E-state index contributed by atoms with van der Waals surface area (Å²) in [5.74, 6) is 1.13. The zero-order chi connectivity index (χ0) is 20.8. The first-order valence-electron chi connectivity index (χ1n) is 10.3. The van der Waals surface area contributed by atoms with Crippen molar-refractivity contribution < 1.29 is 0 Å². The van der Waals surface area contributed by atoms with E-state index >= 15 is 0 Å². The van der Waals surface area contributed by atoms with Crippen molar-refractivity contribution in [2.24, 2.45) is 4.66 Å². The average Bonchev–Trinajstić information content (AvgIpc) is 2.87. The van der Waals surface area contributed by atoms with E-state index in [1.165, 1.54) is 44.8 Å². The van der Waals surface area contributed by atoms with E-state index in [9.17, 15) is 0 Å². The third-order valence-corrected chi connectivity index (χ3v) is 6.15. The highest BCUT2D eigenvalue weighted by Gasteiger charge is 2.33. The molecule has 0 aliphatic carbocycles. The summed E-state index contributed by atoms with van der Waals surface area (Å²) in [7, 11) is -1.66. The molecule has 3 nitrogen and oxygen atoms in total. The molecule has 1 fully saturated rings. The molecule has 0 atom stereocenters. The van der Waals surface area contributed by atoms with Gasteiger partial charge in [0.25, 0.3) is 0 Å². The molecule has 28 heavy (non-hydrogen) atoms. The van der Waals surface area contributed by atoms with E-state index in [-0.39, 0.29) is 0 Å². The molecule has 150 valence electrons. The van der Waals surface area contributed by atoms with Gasteiger partial charge in [0.1, 0.15) is 0 Å². The maximum atomic E-state index is 5.34. The minimum Gasteiger partial charge on any atom is -0.311 e. The van der Waals surface area contributed by atoms with Crippen LogP contribution < -0.4 is 9.80 Å². The average molecular weight is 394 g/mol. The molecule has 2 aromatic carbocycles. The lowest BCUT2D eigenvalue weighted by Crippen LogP contribution is -2.38. The smallest absolute Gasteiger partial charge is 0.196 e. The van der Waals surface area contributed by atoms with Crippen molar-refractivity contribution in [1.29, 1.82) is 0 Å². The second-order valence-corrected chi connectivity index (χ2v) is 13.9. The van der Waals surface area contributed by atoms with Crippen LogP contribution in [-0.4, -0.2) is 27.3 Å². The first-order chi connectivity index (χ1) is 13.0. The van der Waals surface area contributed by atoms with Gasteiger partial charge in [-0.25, -0.2) is 0 Å². The van der Waals surface area contributed by atoms with E-state index in [1.54, 1.807) is 0 Å². The van der Waals surface area contributed by atoms with Gasteiger partial charge in [-0.05, 0) is 83.4 Å². The monoisotopic (exact) mass is 393 g/mol. The Morgan fingerprint density at radius 2 is 0.964 bits per heavy atom. The highest BCUT2D eigenvalue weighted by atomic mass is 28.3. The quantitative estimate of drug-likeness (QED) is 0.591. The molecule has 0 unspecified atom stereocenters. The molecule has 0 bridgehead atoms. The molecule has 1 aliphatic rings. The summed E-state index contributed by atoms with van der Waals surface area (Å²) in [5.41, 5.74) is 10.6. The summed E-state index contributed by atoms with van der Waals surface area (Å²) in [6.07, 6.45) is 0. The fraction of sp³-hybridized carbons (Fsp3) is 0.458. The Balaban J connectivity index is 2.17. The van der Waals surface area contributed by atoms with Crippen LogP contribution in [0.1, 0.15) is 33.4 Å². The molecule has 1 aliphatic heterocycles. The van der Waals surface area contributed by atoms with Gasteiger partial charge in [0.15, 0.2) is 14.2 Å². The van der Waals surface area contributed by atoms with Gasteiger partial charge in [0.05, 0.1) is 0 Å². The Hall–Kier alpha value is -2.07. The van der Waals surface area contributed by atoms with E-state index < -0.39 is 8.24 Å². The molecule has 0 radical (unpaired) electrons. The van der Waals surface area contributed by atoms with Crippen LogP contribution in [0.15, 0.2) is 28.9 Å². The fourth-order valence-corrected chi connectivity index (χ4v) is 5.43. The zero-order valence-electron chi connectivity index (χ0n) is 19.1. The standard InChI is InChI=1S/C24H35N3Si/c1-16-12-18(3)22(19(4)13-16)26-10-11-27(24(26)25-28(7,8)9)23-20(5)14-17(2)15-21(23)6/h12-15H,10-11H2,1-9H3. The topological polar surface area (TPSA) is 18.8 Å². The minimum absolute atomic E-state index is 0.973. The number of rotatable bonds is 3. The maximum Gasteiger partial charge on any atom is 0.196 e. The van der Waals surface area contributed by atoms with Crippen LogP contribution >= 0.6 is 0 Å². The third-order valence-electron chi connectivity index (χ3n) is 5.28. The van der Waals surface area contributed by atoms with E-state index in [0.717, 1.165) is 19.0 Å². The second-order valence-electron chi connectivity index (χ2n) is 9.38. The summed E-state index contributed by atoms with van der Waals surface area (Å²) in [4.78, 5) is 4.92. The van der Waals surface area contributed by atoms with Crippen molar-refractivity contribution in [1.82, 2.24) is 0 Å². The summed E-state index contributed by atoms with van der Waals surface area (Å²) >= 11 is 0. The first-order valence-corrected chi connectivity index (χ1v) is 13.7. The van der Waals surface area contributed by atoms with Crippen LogP contribution in [0.5, 0.6) is 0 Å². The molecule has 0 amide bonds. The van der Waals surface area contributed by atoms with Gasteiger partial charge in [-0.15, -0.1) is 0 Å². The van der Waals surface area contributed by atoms with Crippen LogP contribution in [-0.2, 0) is 0 Å². The fourth-order valence-electron chi connectivity index (χ4n) is 4.59. The Morgan fingerprint density at radius 3 is 1.25 bits per heavy atom. The number of anilines is 2. The van der Waals surface area contributed by atoms with Gasteiger partial charge < -0.3 is 9.80 Å². The van der Waals surface area contributed by atoms with E-state index in [1.807, 2.05) is 0 Å². The van der Waals surface area contributed by atoms with Gasteiger partial charge in [-0.1, -0.05) is 35.4 Å². The van der Waals surface area contributed by atoms with Crippen molar-refractivity contribution in [3.63, 3.8) is 0 Å². The summed E-state index contributed by atoms with van der Waals surface area (Å²) < 4.78 is 5.34. The lowest BCUT2D eigenvalue weighted by Gasteiger charge is -2.30. The molecule has 1 heterocycles. The maximum absolute atomic E-state index is 5.34. The van der Waals surface area contributed by atoms with Gasteiger partial charge in [-0.3, -0.25) is 4.66 Å². The third kappa shape index (κ3) is 4.02. The molecule has 2 aromatic rings. The Labute approximate surface area is 172 Å². The molecule has 0 spiro atoms. The molecule has 0 saturated carbocycles. The number of benzene rings is 2. The predicted molar refractivity (Wildman–Crippen MR) is 127 cm³/mol. The summed E-state index contributed by atoms with van der Waals surface area (Å²) in [6.45, 7) is 22.2. The van der Waals surface area contributed by atoms with Crippen LogP contribution in [0.2, 0.25) is 19.6 Å². The Morgan fingerprint density at radius 1 is 0.643 bits per heavy atom. The van der Waals surface area contributed by atoms with Crippen LogP contribution in [0, 0.1) is 41.5 Å². The Bertz CT molecular complexity index is 824. The SMILES string of the molecule is Cc1cc(C)c(N2CCN(c3c(C)cc(C)cc3C)C2=N[Si](C)(C)C)c(C)c1. The van der Waals surface area contributed by atoms with Gasteiger partial charge in [0.2, 0.25) is 0 Å². The van der Waals surface area contributed by atoms with Crippen LogP contribution in [0.25, 0.3) is 0 Å². The van der Waals surface area contributed by atoms with Crippen molar-refractivity contribution in [3.05, 3.63) is 57.6 Å². The number of guanidine groups is 1. The molecule has 0 aromatic heterocycles. The zero-order valence-corrected chi connectivity index (χ0v) is 20.1. The number of hydrogen-bond donors (Lipinski definition) is 0. The van der Waals surface area contributed by atoms with Crippen molar-refractivity contribution in [3.8, 4) is 0 Å². The predicted octanol–water partition coefficient (Wildman–Crippen LogP) is 6.05. The van der Waals surface area contributed by atoms with Gasteiger partial charge >= 0.3 is 0 Å². The van der Waals surface area contributed by atoms with Crippen LogP contribution in [0.3, 0.4) is 0 Å². The largest absolute Gasteiger partial charge is 0.311 e. The summed E-state index contributed by atoms with van der Waals surface area (Å²) in [6, 6.07) is 9.16. The van der Waals surface area contributed by atoms with E-state index in [2.05, 4.69) is 95.2 Å². The van der Waals surface area contributed by atoms with Crippen molar-refractivity contribution >= 4 is 25.6 Å². The first kappa shape index (κ1) is 20.7. The van der Waals surface area contributed by atoms with Crippen LogP contribution in [0.4, 0.5) is 11.4 Å². The second kappa shape index (κ2) is 7.40. The van der Waals surface area contributed by atoms with Crippen molar-refractivity contribution in [2.45, 2.75) is 61.2 Å². The minimum atomic E-state index is -1.66. The number of hydrogen-bond acceptors (Lipinski definition) is 1. The number of nitrogens with zero attached hydrogens (tertiary/aromatic N) is 3. The molecule has 0 N–H and O–H groups in total. The molecule has 3 rings (SSSR count). The highest BCUT2D eigenvalue weighted by molar-refractivity contribution is 6.75. The van der Waals surface area contributed by atoms with Gasteiger partial charge in [-0.2, -0.15) is 0 Å². The normalized spacial score (nSPS) is 14.8. The highest BCUT2D eigenvalue weighted by Crippen LogP contribution is 2.35. The molecular formula is C24H35N3Si. The van der Waals surface area contributed by atoms with Gasteiger partial charge in [0, 0.05) is 24.5 Å². The molecular weight excluding hydrogens is 358 g/mol. The lowest BCUT2D eigenvalue weighted by molar-refractivity contribution is 1.01. The molecule has 1 saturated heterocycles.